The van der Waals surface area contributed by atoms with Crippen LogP contribution in [0.3, 0.4) is 0 Å². The van der Waals surface area contributed by atoms with Crippen LogP contribution in [0.1, 0.15) is 11.5 Å². The Morgan fingerprint density at radius 2 is 2.07 bits per heavy atom. The first-order chi connectivity index (χ1) is 6.75. The fourth-order valence-corrected chi connectivity index (χ4v) is 1.57. The van der Waals surface area contributed by atoms with E-state index in [1.165, 1.54) is 0 Å². The number of hydrogen-bond donors (Lipinski definition) is 1. The number of rotatable bonds is 2. The van der Waals surface area contributed by atoms with Crippen LogP contribution in [-0.4, -0.2) is 10.2 Å². The van der Waals surface area contributed by atoms with Crippen LogP contribution in [0.5, 0.6) is 0 Å². The molecule has 72 valence electrons. The van der Waals surface area contributed by atoms with Crippen LogP contribution in [0.25, 0.3) is 0 Å². The number of nitrogen functional groups attached to an aromatic ring is 1. The first kappa shape index (κ1) is 9.21. The zero-order chi connectivity index (χ0) is 9.97. The Bertz CT molecular complexity index is 441. The highest BCUT2D eigenvalue weighted by molar-refractivity contribution is 9.10. The number of halogens is 1. The van der Waals surface area contributed by atoms with Crippen molar-refractivity contribution in [3.8, 4) is 0 Å². The summed E-state index contributed by atoms with van der Waals surface area (Å²) < 4.78 is 6.10. The predicted octanol–water partition coefficient (Wildman–Crippen LogP) is 2.01. The van der Waals surface area contributed by atoms with Gasteiger partial charge in [-0.25, -0.2) is 0 Å². The van der Waals surface area contributed by atoms with Gasteiger partial charge in [0.25, 0.3) is 0 Å². The Kier molecular flexibility index (Phi) is 2.49. The van der Waals surface area contributed by atoms with Crippen molar-refractivity contribution in [2.75, 3.05) is 5.73 Å². The van der Waals surface area contributed by atoms with Gasteiger partial charge in [-0.2, -0.15) is 0 Å². The molecule has 0 bridgehead atoms. The maximum Gasteiger partial charge on any atom is 0.312 e. The smallest absolute Gasteiger partial charge is 0.312 e. The molecule has 0 unspecified atom stereocenters. The SMILES string of the molecule is Nc1nnc(Cc2ccccc2Br)o1. The van der Waals surface area contributed by atoms with Gasteiger partial charge in [-0.05, 0) is 11.6 Å². The lowest BCUT2D eigenvalue weighted by Gasteiger charge is -1.99. The standard InChI is InChI=1S/C9H8BrN3O/c10-7-4-2-1-3-6(7)5-8-12-13-9(11)14-8/h1-4H,5H2,(H2,11,13). The minimum atomic E-state index is 0.104. The summed E-state index contributed by atoms with van der Waals surface area (Å²) in [5.41, 5.74) is 6.41. The molecule has 0 aliphatic heterocycles. The molecule has 14 heavy (non-hydrogen) atoms. The second-order valence-electron chi connectivity index (χ2n) is 2.80. The van der Waals surface area contributed by atoms with Gasteiger partial charge < -0.3 is 10.2 Å². The second kappa shape index (κ2) is 3.79. The van der Waals surface area contributed by atoms with Crippen LogP contribution in [0, 0.1) is 0 Å². The van der Waals surface area contributed by atoms with Crippen molar-refractivity contribution in [2.45, 2.75) is 6.42 Å². The van der Waals surface area contributed by atoms with Gasteiger partial charge in [0.15, 0.2) is 0 Å². The molecule has 0 aliphatic carbocycles. The topological polar surface area (TPSA) is 64.9 Å². The van der Waals surface area contributed by atoms with E-state index in [1.54, 1.807) is 0 Å². The minimum Gasteiger partial charge on any atom is -0.408 e. The van der Waals surface area contributed by atoms with Crippen molar-refractivity contribution in [3.63, 3.8) is 0 Å². The van der Waals surface area contributed by atoms with Crippen molar-refractivity contribution in [1.29, 1.82) is 0 Å². The first-order valence-electron chi connectivity index (χ1n) is 4.07. The average Bonchev–Trinajstić information content (AvgIpc) is 2.56. The monoisotopic (exact) mass is 253 g/mol. The van der Waals surface area contributed by atoms with Crippen LogP contribution >= 0.6 is 15.9 Å². The van der Waals surface area contributed by atoms with Gasteiger partial charge in [0.2, 0.25) is 5.89 Å². The summed E-state index contributed by atoms with van der Waals surface area (Å²) >= 11 is 3.44. The van der Waals surface area contributed by atoms with Gasteiger partial charge in [0, 0.05) is 4.47 Å². The molecule has 5 heteroatoms. The van der Waals surface area contributed by atoms with Crippen molar-refractivity contribution in [1.82, 2.24) is 10.2 Å². The first-order valence-corrected chi connectivity index (χ1v) is 4.86. The highest BCUT2D eigenvalue weighted by Crippen LogP contribution is 2.19. The number of aromatic nitrogens is 2. The summed E-state index contributed by atoms with van der Waals surface area (Å²) in [5, 5.41) is 7.38. The molecule has 4 nitrogen and oxygen atoms in total. The lowest BCUT2D eigenvalue weighted by molar-refractivity contribution is 0.522. The lowest BCUT2D eigenvalue weighted by Crippen LogP contribution is -1.89. The van der Waals surface area contributed by atoms with E-state index < -0.39 is 0 Å². The summed E-state index contributed by atoms with van der Waals surface area (Å²) in [4.78, 5) is 0. The van der Waals surface area contributed by atoms with Crippen LogP contribution in [0.4, 0.5) is 6.01 Å². The van der Waals surface area contributed by atoms with Gasteiger partial charge in [-0.1, -0.05) is 39.2 Å². The molecule has 1 heterocycles. The average molecular weight is 254 g/mol. The molecule has 0 atom stereocenters. The van der Waals surface area contributed by atoms with Crippen LogP contribution in [0.2, 0.25) is 0 Å². The predicted molar refractivity (Wildman–Crippen MR) is 55.7 cm³/mol. The third kappa shape index (κ3) is 1.93. The van der Waals surface area contributed by atoms with E-state index in [2.05, 4.69) is 26.1 Å². The van der Waals surface area contributed by atoms with Crippen LogP contribution < -0.4 is 5.73 Å². The van der Waals surface area contributed by atoms with Gasteiger partial charge in [0.05, 0.1) is 6.42 Å². The van der Waals surface area contributed by atoms with Gasteiger partial charge in [-0.15, -0.1) is 5.10 Å². The lowest BCUT2D eigenvalue weighted by atomic mass is 10.1. The van der Waals surface area contributed by atoms with Gasteiger partial charge in [0.1, 0.15) is 0 Å². The molecule has 0 spiro atoms. The van der Waals surface area contributed by atoms with Crippen LogP contribution in [0.15, 0.2) is 33.2 Å². The van der Waals surface area contributed by atoms with E-state index in [1.807, 2.05) is 24.3 Å². The summed E-state index contributed by atoms with van der Waals surface area (Å²) in [6.07, 6.45) is 0.589. The highest BCUT2D eigenvalue weighted by atomic mass is 79.9. The Balaban J connectivity index is 2.23. The van der Waals surface area contributed by atoms with Crippen molar-refractivity contribution in [3.05, 3.63) is 40.2 Å². The van der Waals surface area contributed by atoms with Gasteiger partial charge in [-0.3, -0.25) is 0 Å². The molecular weight excluding hydrogens is 246 g/mol. The van der Waals surface area contributed by atoms with E-state index in [4.69, 9.17) is 10.2 Å². The fourth-order valence-electron chi connectivity index (χ4n) is 1.14. The molecule has 1 aromatic carbocycles. The maximum atomic E-state index is 5.32. The van der Waals surface area contributed by atoms with E-state index >= 15 is 0 Å². The molecule has 0 saturated heterocycles. The van der Waals surface area contributed by atoms with E-state index in [9.17, 15) is 0 Å². The second-order valence-corrected chi connectivity index (χ2v) is 3.66. The van der Waals surface area contributed by atoms with Gasteiger partial charge >= 0.3 is 6.01 Å². The molecule has 0 saturated carbocycles. The zero-order valence-corrected chi connectivity index (χ0v) is 8.86. The summed E-state index contributed by atoms with van der Waals surface area (Å²) in [6, 6.07) is 7.97. The number of nitrogens with zero attached hydrogens (tertiary/aromatic N) is 2. The molecule has 0 aliphatic rings. The Hall–Kier alpha value is -1.36. The Morgan fingerprint density at radius 1 is 1.29 bits per heavy atom. The summed E-state index contributed by atoms with van der Waals surface area (Å²) in [6.45, 7) is 0. The largest absolute Gasteiger partial charge is 0.408 e. The normalized spacial score (nSPS) is 10.4. The molecule has 1 aromatic heterocycles. The van der Waals surface area contributed by atoms with Crippen LogP contribution in [-0.2, 0) is 6.42 Å². The quantitative estimate of drug-likeness (QED) is 0.890. The number of benzene rings is 1. The summed E-state index contributed by atoms with van der Waals surface area (Å²) in [7, 11) is 0. The van der Waals surface area contributed by atoms with Crippen molar-refractivity contribution >= 4 is 21.9 Å². The maximum absolute atomic E-state index is 5.32. The number of anilines is 1. The molecule has 2 N–H and O–H groups in total. The molecular formula is C9H8BrN3O. The summed E-state index contributed by atoms with van der Waals surface area (Å²) in [5.74, 6) is 0.523. The molecule has 0 fully saturated rings. The molecule has 2 aromatic rings. The Labute approximate surface area is 89.3 Å². The van der Waals surface area contributed by atoms with E-state index in [-0.39, 0.29) is 6.01 Å². The van der Waals surface area contributed by atoms with E-state index in [0.717, 1.165) is 10.0 Å². The minimum absolute atomic E-state index is 0.104. The number of nitrogens with two attached hydrogens (primary N) is 1. The zero-order valence-electron chi connectivity index (χ0n) is 7.27. The highest BCUT2D eigenvalue weighted by Gasteiger charge is 2.06. The molecule has 0 radical (unpaired) electrons. The Morgan fingerprint density at radius 3 is 2.71 bits per heavy atom. The third-order valence-corrected chi connectivity index (χ3v) is 2.56. The number of hydrogen-bond acceptors (Lipinski definition) is 4. The molecule has 2 rings (SSSR count). The fraction of sp³-hybridized carbons (Fsp3) is 0.111. The molecule has 0 amide bonds. The third-order valence-electron chi connectivity index (χ3n) is 1.78. The van der Waals surface area contributed by atoms with E-state index in [0.29, 0.717) is 12.3 Å². The van der Waals surface area contributed by atoms with Crippen molar-refractivity contribution in [2.24, 2.45) is 0 Å². The van der Waals surface area contributed by atoms with Crippen molar-refractivity contribution < 1.29 is 4.42 Å².